The summed E-state index contributed by atoms with van der Waals surface area (Å²) in [6.45, 7) is 17.3. The van der Waals surface area contributed by atoms with Crippen LogP contribution in [0.4, 0.5) is 0 Å². The summed E-state index contributed by atoms with van der Waals surface area (Å²) in [5.41, 5.74) is 1.72. The fourth-order valence-corrected chi connectivity index (χ4v) is 4.31. The monoisotopic (exact) mass is 338 g/mol. The molecule has 0 heterocycles. The van der Waals surface area contributed by atoms with E-state index in [1.165, 1.54) is 38.5 Å². The molecular formula is C25H38. The first-order chi connectivity index (χ1) is 12.2. The van der Waals surface area contributed by atoms with Gasteiger partial charge in [0.2, 0.25) is 0 Å². The van der Waals surface area contributed by atoms with Crippen molar-refractivity contribution >= 4 is 0 Å². The molecule has 25 heavy (non-hydrogen) atoms. The van der Waals surface area contributed by atoms with Crippen LogP contribution in [0, 0.1) is 29.6 Å². The molecule has 0 aromatic carbocycles. The molecule has 138 valence electrons. The minimum Gasteiger partial charge on any atom is -0.106 e. The summed E-state index contributed by atoms with van der Waals surface area (Å²) in [6, 6.07) is 0. The van der Waals surface area contributed by atoms with Crippen molar-refractivity contribution in [3.8, 4) is 0 Å². The van der Waals surface area contributed by atoms with E-state index in [-0.39, 0.29) is 0 Å². The van der Waals surface area contributed by atoms with Crippen LogP contribution in [0.15, 0.2) is 74.4 Å². The topological polar surface area (TPSA) is 0 Å². The van der Waals surface area contributed by atoms with Gasteiger partial charge >= 0.3 is 0 Å². The van der Waals surface area contributed by atoms with Gasteiger partial charge in [-0.2, -0.15) is 0 Å². The molecular weight excluding hydrogens is 300 g/mol. The van der Waals surface area contributed by atoms with Gasteiger partial charge in [0.05, 0.1) is 0 Å². The Balaban J connectivity index is 0.000000202. The van der Waals surface area contributed by atoms with Gasteiger partial charge in [-0.3, -0.25) is 0 Å². The van der Waals surface area contributed by atoms with Gasteiger partial charge in [-0.15, -0.1) is 26.3 Å². The lowest BCUT2D eigenvalue weighted by Gasteiger charge is -2.11. The van der Waals surface area contributed by atoms with Crippen LogP contribution in [0.5, 0.6) is 0 Å². The van der Waals surface area contributed by atoms with E-state index in [0.29, 0.717) is 0 Å². The lowest BCUT2D eigenvalue weighted by Crippen LogP contribution is -2.01. The number of allylic oxidation sites excluding steroid dienone is 8. The first kappa shape index (κ1) is 21.5. The summed E-state index contributed by atoms with van der Waals surface area (Å²) in [5.74, 6) is 4.31. The molecule has 5 atom stereocenters. The highest BCUT2D eigenvalue weighted by atomic mass is 14.4. The SMILES string of the molecule is C=C.C=CC.C=CC1CC2C=CC1C2.CCC/C=C1\CC2C=CC1C2. The van der Waals surface area contributed by atoms with Crippen molar-refractivity contribution in [2.75, 3.05) is 0 Å². The van der Waals surface area contributed by atoms with Gasteiger partial charge in [0.25, 0.3) is 0 Å². The fourth-order valence-electron chi connectivity index (χ4n) is 4.31. The van der Waals surface area contributed by atoms with Crippen LogP contribution in [-0.4, -0.2) is 0 Å². The molecule has 0 spiro atoms. The Morgan fingerprint density at radius 1 is 1.00 bits per heavy atom. The standard InChI is InChI=1S/C11H16.C9H12.C3H6.C2H4/c1-2-3-4-10-7-9-5-6-11(10)8-9;1-2-8-5-7-3-4-9(8)6-7;1-3-2;1-2/h4-6,9,11H,2-3,7-8H2,1H3;2-4,7-9H,1,5-6H2;3H,1H2,2H3;1-2H2/b10-4+;;;. The summed E-state index contributed by atoms with van der Waals surface area (Å²) < 4.78 is 0. The second kappa shape index (κ2) is 11.9. The second-order valence-corrected chi connectivity index (χ2v) is 7.35. The molecule has 0 aromatic heterocycles. The molecule has 0 heteroatoms. The highest BCUT2D eigenvalue weighted by Gasteiger charge is 2.33. The molecule has 2 fully saturated rings. The van der Waals surface area contributed by atoms with Crippen LogP contribution in [0.25, 0.3) is 0 Å². The van der Waals surface area contributed by atoms with E-state index in [0.717, 1.165) is 29.6 Å². The third-order valence-corrected chi connectivity index (χ3v) is 5.47. The van der Waals surface area contributed by atoms with Crippen molar-refractivity contribution in [2.24, 2.45) is 29.6 Å². The Hall–Kier alpha value is -1.56. The molecule has 0 aliphatic heterocycles. The maximum atomic E-state index is 3.83. The van der Waals surface area contributed by atoms with Crippen molar-refractivity contribution in [3.05, 3.63) is 74.4 Å². The van der Waals surface area contributed by atoms with E-state index in [1.54, 1.807) is 11.6 Å². The van der Waals surface area contributed by atoms with Crippen molar-refractivity contribution < 1.29 is 0 Å². The molecule has 0 saturated heterocycles. The quantitative estimate of drug-likeness (QED) is 0.463. The van der Waals surface area contributed by atoms with E-state index in [2.05, 4.69) is 69.7 Å². The molecule has 0 aromatic rings. The Kier molecular flexibility index (Phi) is 10.2. The van der Waals surface area contributed by atoms with Gasteiger partial charge in [0.15, 0.2) is 0 Å². The Labute approximate surface area is 156 Å². The van der Waals surface area contributed by atoms with Crippen LogP contribution >= 0.6 is 0 Å². The van der Waals surface area contributed by atoms with Crippen LogP contribution < -0.4 is 0 Å². The average molecular weight is 339 g/mol. The van der Waals surface area contributed by atoms with Crippen LogP contribution in [0.1, 0.15) is 52.4 Å². The predicted molar refractivity (Wildman–Crippen MR) is 115 cm³/mol. The lowest BCUT2D eigenvalue weighted by molar-refractivity contribution is 0.551. The first-order valence-electron chi connectivity index (χ1n) is 9.96. The van der Waals surface area contributed by atoms with E-state index in [4.69, 9.17) is 0 Å². The van der Waals surface area contributed by atoms with E-state index >= 15 is 0 Å². The van der Waals surface area contributed by atoms with Gasteiger partial charge in [0, 0.05) is 0 Å². The molecule has 0 N–H and O–H groups in total. The molecule has 0 nitrogen and oxygen atoms in total. The zero-order valence-electron chi connectivity index (χ0n) is 16.5. The van der Waals surface area contributed by atoms with Gasteiger partial charge in [-0.05, 0) is 68.6 Å². The largest absolute Gasteiger partial charge is 0.106 e. The number of fused-ring (bicyclic) bond motifs is 4. The molecule has 2 saturated carbocycles. The van der Waals surface area contributed by atoms with Gasteiger partial charge in [-0.25, -0.2) is 0 Å². The molecule has 4 rings (SSSR count). The Morgan fingerprint density at radius 2 is 1.68 bits per heavy atom. The fraction of sp³-hybridized carbons (Fsp3) is 0.520. The smallest absolute Gasteiger partial charge is 0.00173 e. The normalized spacial score (nSPS) is 33.7. The highest BCUT2D eigenvalue weighted by molar-refractivity contribution is 5.26. The van der Waals surface area contributed by atoms with Gasteiger partial charge < -0.3 is 0 Å². The zero-order valence-corrected chi connectivity index (χ0v) is 16.5. The van der Waals surface area contributed by atoms with Crippen LogP contribution in [0.3, 0.4) is 0 Å². The summed E-state index contributed by atoms with van der Waals surface area (Å²) in [6.07, 6.45) is 24.0. The van der Waals surface area contributed by atoms with Crippen LogP contribution in [0.2, 0.25) is 0 Å². The molecule has 4 bridgehead atoms. The predicted octanol–water partition coefficient (Wildman–Crippen LogP) is 7.69. The average Bonchev–Trinajstić information content (AvgIpc) is 3.43. The summed E-state index contributed by atoms with van der Waals surface area (Å²) >= 11 is 0. The number of unbranched alkanes of at least 4 members (excludes halogenated alkanes) is 1. The number of rotatable bonds is 3. The molecule has 0 radical (unpaired) electrons. The Bertz CT molecular complexity index is 490. The van der Waals surface area contributed by atoms with Crippen molar-refractivity contribution in [2.45, 2.75) is 52.4 Å². The number of hydrogen-bond acceptors (Lipinski definition) is 0. The summed E-state index contributed by atoms with van der Waals surface area (Å²) in [5, 5.41) is 0. The Morgan fingerprint density at radius 3 is 2.04 bits per heavy atom. The van der Waals surface area contributed by atoms with Crippen LogP contribution in [-0.2, 0) is 0 Å². The molecule has 4 aliphatic carbocycles. The van der Waals surface area contributed by atoms with Crippen molar-refractivity contribution in [1.82, 2.24) is 0 Å². The second-order valence-electron chi connectivity index (χ2n) is 7.35. The van der Waals surface area contributed by atoms with Crippen molar-refractivity contribution in [3.63, 3.8) is 0 Å². The molecule has 4 aliphatic rings. The molecule has 0 amide bonds. The molecule has 5 unspecified atom stereocenters. The zero-order chi connectivity index (χ0) is 18.7. The minimum atomic E-state index is 0.806. The summed E-state index contributed by atoms with van der Waals surface area (Å²) in [7, 11) is 0. The maximum Gasteiger partial charge on any atom is -0.00173 e. The third-order valence-electron chi connectivity index (χ3n) is 5.47. The van der Waals surface area contributed by atoms with E-state index in [1.807, 2.05) is 6.92 Å². The van der Waals surface area contributed by atoms with E-state index < -0.39 is 0 Å². The van der Waals surface area contributed by atoms with Gasteiger partial charge in [-0.1, -0.05) is 61.4 Å². The summed E-state index contributed by atoms with van der Waals surface area (Å²) in [4.78, 5) is 0. The lowest BCUT2D eigenvalue weighted by atomic mass is 9.94. The first-order valence-corrected chi connectivity index (χ1v) is 9.96. The minimum absolute atomic E-state index is 0.806. The van der Waals surface area contributed by atoms with Gasteiger partial charge in [0.1, 0.15) is 0 Å². The van der Waals surface area contributed by atoms with E-state index in [9.17, 15) is 0 Å². The maximum absolute atomic E-state index is 3.83. The number of hydrogen-bond donors (Lipinski definition) is 0. The highest BCUT2D eigenvalue weighted by Crippen LogP contribution is 2.44. The third kappa shape index (κ3) is 6.34. The van der Waals surface area contributed by atoms with Crippen molar-refractivity contribution in [1.29, 1.82) is 0 Å².